The molecule has 3 aromatic rings. The van der Waals surface area contributed by atoms with Crippen LogP contribution in [0.4, 0.5) is 5.95 Å². The molecule has 1 heterocycles. The molecule has 0 aliphatic heterocycles. The highest BCUT2D eigenvalue weighted by Gasteiger charge is 2.21. The van der Waals surface area contributed by atoms with Crippen LogP contribution in [0.1, 0.15) is 31.9 Å². The highest BCUT2D eigenvalue weighted by Crippen LogP contribution is 2.33. The lowest BCUT2D eigenvalue weighted by atomic mass is 9.85. The molecule has 0 atom stereocenters. The number of hydrogen-bond donors (Lipinski definition) is 1. The minimum Gasteiger partial charge on any atom is -0.369 e. The largest absolute Gasteiger partial charge is 0.369 e. The van der Waals surface area contributed by atoms with Crippen LogP contribution < -0.4 is 5.73 Å². The third-order valence-corrected chi connectivity index (χ3v) is 3.86. The number of nitrogens with two attached hydrogens (primary N) is 1. The van der Waals surface area contributed by atoms with E-state index in [1.165, 1.54) is 11.1 Å². The lowest BCUT2D eigenvalue weighted by molar-refractivity contribution is 0.587. The molecule has 3 nitrogen and oxygen atoms in total. The van der Waals surface area contributed by atoms with Crippen molar-refractivity contribution in [2.45, 2.75) is 33.1 Å². The second-order valence-corrected chi connectivity index (χ2v) is 6.52. The molecule has 3 heteroatoms. The van der Waals surface area contributed by atoms with Gasteiger partial charge in [0.05, 0.1) is 16.7 Å². The molecule has 0 saturated heterocycles. The highest BCUT2D eigenvalue weighted by atomic mass is 15.2. The summed E-state index contributed by atoms with van der Waals surface area (Å²) < 4.78 is 2.07. The van der Waals surface area contributed by atoms with Crippen molar-refractivity contribution >= 4 is 17.0 Å². The van der Waals surface area contributed by atoms with Crippen LogP contribution in [0.15, 0.2) is 42.5 Å². The van der Waals surface area contributed by atoms with Crippen LogP contribution in [0.3, 0.4) is 0 Å². The van der Waals surface area contributed by atoms with Gasteiger partial charge in [0.2, 0.25) is 5.95 Å². The molecule has 2 N–H and O–H groups in total. The third-order valence-electron chi connectivity index (χ3n) is 3.86. The van der Waals surface area contributed by atoms with Crippen LogP contribution >= 0.6 is 0 Å². The molecule has 0 saturated carbocycles. The van der Waals surface area contributed by atoms with E-state index in [9.17, 15) is 0 Å². The van der Waals surface area contributed by atoms with E-state index in [2.05, 4.69) is 61.5 Å². The van der Waals surface area contributed by atoms with Gasteiger partial charge in [0.15, 0.2) is 0 Å². The van der Waals surface area contributed by atoms with E-state index < -0.39 is 0 Å². The Bertz CT molecular complexity index is 807. The standard InChI is InChI=1S/C18H21N3/c1-12-8-7-10-14-16(12)21(17(19)20-14)15-11-6-5-9-13(15)18(2,3)4/h5-11H,1-4H3,(H2,19,20). The summed E-state index contributed by atoms with van der Waals surface area (Å²) in [5.41, 5.74) is 11.8. The fourth-order valence-corrected chi connectivity index (χ4v) is 2.86. The molecular formula is C18H21N3. The number of benzene rings is 2. The monoisotopic (exact) mass is 279 g/mol. The van der Waals surface area contributed by atoms with Crippen LogP contribution in [0.25, 0.3) is 16.7 Å². The first-order valence-corrected chi connectivity index (χ1v) is 7.23. The Balaban J connectivity index is 2.40. The van der Waals surface area contributed by atoms with Crippen molar-refractivity contribution in [2.75, 3.05) is 5.73 Å². The van der Waals surface area contributed by atoms with E-state index in [1.807, 2.05) is 18.2 Å². The van der Waals surface area contributed by atoms with Gasteiger partial charge in [-0.05, 0) is 35.6 Å². The normalized spacial score (nSPS) is 12.0. The lowest BCUT2D eigenvalue weighted by Crippen LogP contribution is -2.16. The average Bonchev–Trinajstić information content (AvgIpc) is 2.75. The summed E-state index contributed by atoms with van der Waals surface area (Å²) in [5.74, 6) is 0.538. The summed E-state index contributed by atoms with van der Waals surface area (Å²) >= 11 is 0. The zero-order valence-corrected chi connectivity index (χ0v) is 13.0. The van der Waals surface area contributed by atoms with Crippen molar-refractivity contribution in [3.05, 3.63) is 53.6 Å². The Morgan fingerprint density at radius 2 is 1.71 bits per heavy atom. The number of nitrogen functional groups attached to an aromatic ring is 1. The first kappa shape index (κ1) is 13.7. The number of fused-ring (bicyclic) bond motifs is 1. The van der Waals surface area contributed by atoms with Gasteiger partial charge in [-0.15, -0.1) is 0 Å². The number of aromatic nitrogens is 2. The molecule has 2 aromatic carbocycles. The molecule has 0 aliphatic rings. The minimum absolute atomic E-state index is 0.0440. The van der Waals surface area contributed by atoms with Crippen molar-refractivity contribution in [3.8, 4) is 5.69 Å². The molecule has 0 aliphatic carbocycles. The zero-order valence-electron chi connectivity index (χ0n) is 13.0. The Kier molecular flexibility index (Phi) is 3.01. The molecule has 0 fully saturated rings. The third kappa shape index (κ3) is 2.19. The summed E-state index contributed by atoms with van der Waals surface area (Å²) in [5, 5.41) is 0. The Morgan fingerprint density at radius 3 is 2.43 bits per heavy atom. The topological polar surface area (TPSA) is 43.8 Å². The van der Waals surface area contributed by atoms with Crippen molar-refractivity contribution in [1.82, 2.24) is 9.55 Å². The maximum Gasteiger partial charge on any atom is 0.205 e. The van der Waals surface area contributed by atoms with Crippen molar-refractivity contribution < 1.29 is 0 Å². The van der Waals surface area contributed by atoms with Crippen LogP contribution in [-0.4, -0.2) is 9.55 Å². The fourth-order valence-electron chi connectivity index (χ4n) is 2.86. The average molecular weight is 279 g/mol. The van der Waals surface area contributed by atoms with E-state index in [0.717, 1.165) is 16.7 Å². The van der Waals surface area contributed by atoms with Gasteiger partial charge in [-0.1, -0.05) is 51.1 Å². The number of para-hydroxylation sites is 2. The van der Waals surface area contributed by atoms with Crippen molar-refractivity contribution in [1.29, 1.82) is 0 Å². The second kappa shape index (κ2) is 4.62. The molecule has 0 unspecified atom stereocenters. The number of imidazole rings is 1. The van der Waals surface area contributed by atoms with E-state index in [1.54, 1.807) is 0 Å². The summed E-state index contributed by atoms with van der Waals surface area (Å²) in [6.07, 6.45) is 0. The molecule has 0 amide bonds. The Hall–Kier alpha value is -2.29. The van der Waals surface area contributed by atoms with Crippen LogP contribution in [0.2, 0.25) is 0 Å². The van der Waals surface area contributed by atoms with Crippen LogP contribution in [-0.2, 0) is 5.41 Å². The molecule has 0 radical (unpaired) electrons. The number of aryl methyl sites for hydroxylation is 1. The van der Waals surface area contributed by atoms with E-state index >= 15 is 0 Å². The van der Waals surface area contributed by atoms with Crippen LogP contribution in [0.5, 0.6) is 0 Å². The first-order chi connectivity index (χ1) is 9.89. The Labute approximate surface area is 125 Å². The molecule has 21 heavy (non-hydrogen) atoms. The number of hydrogen-bond acceptors (Lipinski definition) is 2. The molecule has 108 valence electrons. The van der Waals surface area contributed by atoms with Gasteiger partial charge in [-0.2, -0.15) is 0 Å². The summed E-state index contributed by atoms with van der Waals surface area (Å²) in [6, 6.07) is 14.5. The zero-order chi connectivity index (χ0) is 15.2. The molecule has 1 aromatic heterocycles. The molecule has 0 spiro atoms. The Morgan fingerprint density at radius 1 is 1.00 bits per heavy atom. The lowest BCUT2D eigenvalue weighted by Gasteiger charge is -2.24. The number of anilines is 1. The first-order valence-electron chi connectivity index (χ1n) is 7.23. The maximum atomic E-state index is 6.22. The van der Waals surface area contributed by atoms with Crippen LogP contribution in [0, 0.1) is 6.92 Å². The predicted octanol–water partition coefficient (Wildman–Crippen LogP) is 4.21. The summed E-state index contributed by atoms with van der Waals surface area (Å²) in [4.78, 5) is 4.51. The van der Waals surface area contributed by atoms with Gasteiger partial charge in [0.25, 0.3) is 0 Å². The molecule has 3 rings (SSSR count). The van der Waals surface area contributed by atoms with Gasteiger partial charge in [-0.3, -0.25) is 4.57 Å². The molecule has 0 bridgehead atoms. The molecular weight excluding hydrogens is 258 g/mol. The van der Waals surface area contributed by atoms with Gasteiger partial charge in [0.1, 0.15) is 0 Å². The summed E-state index contributed by atoms with van der Waals surface area (Å²) in [6.45, 7) is 8.75. The quantitative estimate of drug-likeness (QED) is 0.725. The van der Waals surface area contributed by atoms with Gasteiger partial charge in [-0.25, -0.2) is 4.98 Å². The minimum atomic E-state index is 0.0440. The van der Waals surface area contributed by atoms with E-state index in [0.29, 0.717) is 5.95 Å². The van der Waals surface area contributed by atoms with Crippen molar-refractivity contribution in [2.24, 2.45) is 0 Å². The van der Waals surface area contributed by atoms with Gasteiger partial charge in [0, 0.05) is 0 Å². The second-order valence-electron chi connectivity index (χ2n) is 6.52. The predicted molar refractivity (Wildman–Crippen MR) is 88.9 cm³/mol. The maximum absolute atomic E-state index is 6.22. The van der Waals surface area contributed by atoms with Crippen molar-refractivity contribution in [3.63, 3.8) is 0 Å². The fraction of sp³-hybridized carbons (Fsp3) is 0.278. The van der Waals surface area contributed by atoms with E-state index in [-0.39, 0.29) is 5.41 Å². The number of rotatable bonds is 1. The smallest absolute Gasteiger partial charge is 0.205 e. The number of nitrogens with zero attached hydrogens (tertiary/aromatic N) is 2. The van der Waals surface area contributed by atoms with Gasteiger partial charge < -0.3 is 5.73 Å². The van der Waals surface area contributed by atoms with Gasteiger partial charge >= 0.3 is 0 Å². The van der Waals surface area contributed by atoms with E-state index in [4.69, 9.17) is 5.73 Å². The summed E-state index contributed by atoms with van der Waals surface area (Å²) in [7, 11) is 0. The SMILES string of the molecule is Cc1cccc2nc(N)n(-c3ccccc3C(C)(C)C)c12. The highest BCUT2D eigenvalue weighted by molar-refractivity contribution is 5.84.